The van der Waals surface area contributed by atoms with Gasteiger partial charge in [0.25, 0.3) is 0 Å². The van der Waals surface area contributed by atoms with Gasteiger partial charge in [-0.1, -0.05) is 17.7 Å². The van der Waals surface area contributed by atoms with Crippen LogP contribution < -0.4 is 10.6 Å². The summed E-state index contributed by atoms with van der Waals surface area (Å²) in [5.41, 5.74) is 5.23. The average Bonchev–Trinajstić information content (AvgIpc) is 2.98. The van der Waals surface area contributed by atoms with E-state index in [4.69, 9.17) is 4.74 Å². The predicted molar refractivity (Wildman–Crippen MR) is 98.4 cm³/mol. The summed E-state index contributed by atoms with van der Waals surface area (Å²) >= 11 is 0. The zero-order chi connectivity index (χ0) is 17.6. The SMILES string of the molecule is CN=C(NCc1c(C)cc(C)cc1C)NCC1(CCO)CCOC1. The quantitative estimate of drug-likeness (QED) is 0.551. The second-order valence-corrected chi connectivity index (χ2v) is 6.93. The van der Waals surface area contributed by atoms with Crippen molar-refractivity contribution in [3.63, 3.8) is 0 Å². The molecule has 2 rings (SSSR count). The van der Waals surface area contributed by atoms with E-state index in [1.54, 1.807) is 7.05 Å². The molecule has 3 N–H and O–H groups in total. The Labute approximate surface area is 145 Å². The molecule has 0 aliphatic carbocycles. The van der Waals surface area contributed by atoms with Crippen LogP contribution in [0.5, 0.6) is 0 Å². The maximum atomic E-state index is 9.32. The topological polar surface area (TPSA) is 65.9 Å². The first-order valence-corrected chi connectivity index (χ1v) is 8.69. The summed E-state index contributed by atoms with van der Waals surface area (Å²) in [5, 5.41) is 16.1. The van der Waals surface area contributed by atoms with Gasteiger partial charge in [0.1, 0.15) is 0 Å². The maximum absolute atomic E-state index is 9.32. The normalized spacial score (nSPS) is 21.1. The van der Waals surface area contributed by atoms with Crippen LogP contribution in [0.1, 0.15) is 35.1 Å². The number of guanidine groups is 1. The van der Waals surface area contributed by atoms with Crippen molar-refractivity contribution in [2.45, 2.75) is 40.2 Å². The summed E-state index contributed by atoms with van der Waals surface area (Å²) < 4.78 is 5.54. The molecule has 0 radical (unpaired) electrons. The number of hydrogen-bond acceptors (Lipinski definition) is 3. The lowest BCUT2D eigenvalue weighted by molar-refractivity contribution is 0.127. The third-order valence-corrected chi connectivity index (χ3v) is 4.95. The summed E-state index contributed by atoms with van der Waals surface area (Å²) in [6, 6.07) is 4.43. The molecule has 1 aromatic rings. The van der Waals surface area contributed by atoms with Gasteiger partial charge in [0.15, 0.2) is 5.96 Å². The maximum Gasteiger partial charge on any atom is 0.191 e. The Morgan fingerprint density at radius 3 is 2.50 bits per heavy atom. The van der Waals surface area contributed by atoms with Gasteiger partial charge in [0, 0.05) is 38.8 Å². The van der Waals surface area contributed by atoms with Crippen LogP contribution in [0.3, 0.4) is 0 Å². The van der Waals surface area contributed by atoms with Gasteiger partial charge in [0.05, 0.1) is 6.61 Å². The Hall–Kier alpha value is -1.59. The van der Waals surface area contributed by atoms with Gasteiger partial charge in [-0.2, -0.15) is 0 Å². The van der Waals surface area contributed by atoms with Crippen LogP contribution in [-0.4, -0.2) is 44.5 Å². The summed E-state index contributed by atoms with van der Waals surface area (Å²) in [6.45, 7) is 9.61. The monoisotopic (exact) mass is 333 g/mol. The minimum Gasteiger partial charge on any atom is -0.396 e. The molecule has 24 heavy (non-hydrogen) atoms. The van der Waals surface area contributed by atoms with Crippen LogP contribution in [0.4, 0.5) is 0 Å². The third-order valence-electron chi connectivity index (χ3n) is 4.95. The number of aryl methyl sites for hydroxylation is 3. The summed E-state index contributed by atoms with van der Waals surface area (Å²) in [5.74, 6) is 0.790. The number of aliphatic imine (C=N–C) groups is 1. The van der Waals surface area contributed by atoms with E-state index >= 15 is 0 Å². The average molecular weight is 333 g/mol. The minimum absolute atomic E-state index is 0.0159. The van der Waals surface area contributed by atoms with E-state index in [0.29, 0.717) is 6.61 Å². The van der Waals surface area contributed by atoms with Gasteiger partial charge in [-0.25, -0.2) is 0 Å². The van der Waals surface area contributed by atoms with Crippen molar-refractivity contribution in [2.24, 2.45) is 10.4 Å². The molecule has 1 fully saturated rings. The van der Waals surface area contributed by atoms with Crippen LogP contribution in [0.15, 0.2) is 17.1 Å². The second-order valence-electron chi connectivity index (χ2n) is 6.93. The van der Waals surface area contributed by atoms with E-state index in [2.05, 4.69) is 48.5 Å². The van der Waals surface area contributed by atoms with Crippen molar-refractivity contribution in [1.82, 2.24) is 10.6 Å². The Morgan fingerprint density at radius 2 is 1.96 bits per heavy atom. The van der Waals surface area contributed by atoms with Gasteiger partial charge in [-0.05, 0) is 50.3 Å². The highest BCUT2D eigenvalue weighted by Gasteiger charge is 2.34. The Bertz CT molecular complexity index is 555. The van der Waals surface area contributed by atoms with Crippen molar-refractivity contribution < 1.29 is 9.84 Å². The molecular weight excluding hydrogens is 302 g/mol. The molecule has 1 saturated heterocycles. The number of aliphatic hydroxyl groups is 1. The minimum atomic E-state index is 0.0159. The fourth-order valence-electron chi connectivity index (χ4n) is 3.46. The van der Waals surface area contributed by atoms with Crippen LogP contribution in [0, 0.1) is 26.2 Å². The van der Waals surface area contributed by atoms with Gasteiger partial charge >= 0.3 is 0 Å². The largest absolute Gasteiger partial charge is 0.396 e. The van der Waals surface area contributed by atoms with Crippen molar-refractivity contribution in [3.8, 4) is 0 Å². The van der Waals surface area contributed by atoms with Crippen molar-refractivity contribution in [3.05, 3.63) is 34.4 Å². The number of rotatable bonds is 6. The lowest BCUT2D eigenvalue weighted by Crippen LogP contribution is -2.44. The van der Waals surface area contributed by atoms with Crippen molar-refractivity contribution in [2.75, 3.05) is 33.4 Å². The molecule has 0 saturated carbocycles. The first kappa shape index (κ1) is 18.7. The van der Waals surface area contributed by atoms with Gasteiger partial charge in [-0.3, -0.25) is 4.99 Å². The van der Waals surface area contributed by atoms with Crippen molar-refractivity contribution >= 4 is 5.96 Å². The number of nitrogens with one attached hydrogen (secondary N) is 2. The molecule has 0 spiro atoms. The van der Waals surface area contributed by atoms with Crippen LogP contribution in [0.25, 0.3) is 0 Å². The summed E-state index contributed by atoms with van der Waals surface area (Å²) in [6.07, 6.45) is 1.74. The van der Waals surface area contributed by atoms with Crippen LogP contribution in [0.2, 0.25) is 0 Å². The highest BCUT2D eigenvalue weighted by Crippen LogP contribution is 2.31. The number of hydrogen-bond donors (Lipinski definition) is 3. The molecule has 1 aliphatic rings. The molecule has 134 valence electrons. The molecule has 0 aromatic heterocycles. The molecule has 1 heterocycles. The lowest BCUT2D eigenvalue weighted by atomic mass is 9.84. The molecule has 0 bridgehead atoms. The first-order valence-electron chi connectivity index (χ1n) is 8.69. The first-order chi connectivity index (χ1) is 11.5. The highest BCUT2D eigenvalue weighted by molar-refractivity contribution is 5.79. The Morgan fingerprint density at radius 1 is 1.25 bits per heavy atom. The fraction of sp³-hybridized carbons (Fsp3) is 0.632. The van der Waals surface area contributed by atoms with Crippen LogP contribution >= 0.6 is 0 Å². The third kappa shape index (κ3) is 4.71. The molecule has 1 aliphatic heterocycles. The molecule has 0 amide bonds. The summed E-state index contributed by atoms with van der Waals surface area (Å²) in [4.78, 5) is 4.32. The van der Waals surface area contributed by atoms with Gasteiger partial charge in [-0.15, -0.1) is 0 Å². The van der Waals surface area contributed by atoms with E-state index in [1.165, 1.54) is 22.3 Å². The highest BCUT2D eigenvalue weighted by atomic mass is 16.5. The predicted octanol–water partition coefficient (Wildman–Crippen LogP) is 2.07. The lowest BCUT2D eigenvalue weighted by Gasteiger charge is -2.27. The summed E-state index contributed by atoms with van der Waals surface area (Å²) in [7, 11) is 1.79. The molecule has 1 aromatic carbocycles. The van der Waals surface area contributed by atoms with Gasteiger partial charge in [0.2, 0.25) is 0 Å². The second kappa shape index (κ2) is 8.49. The number of benzene rings is 1. The van der Waals surface area contributed by atoms with Crippen LogP contribution in [-0.2, 0) is 11.3 Å². The standard InChI is InChI=1S/C19H31N3O2/c1-14-9-15(2)17(16(3)10-14)11-21-18(20-4)22-12-19(5-7-23)6-8-24-13-19/h9-10,23H,5-8,11-13H2,1-4H3,(H2,20,21,22). The zero-order valence-electron chi connectivity index (χ0n) is 15.4. The van der Waals surface area contributed by atoms with E-state index in [1.807, 2.05) is 0 Å². The van der Waals surface area contributed by atoms with E-state index < -0.39 is 0 Å². The number of aliphatic hydroxyl groups excluding tert-OH is 1. The number of nitrogens with zero attached hydrogens (tertiary/aromatic N) is 1. The Balaban J connectivity index is 1.93. The van der Waals surface area contributed by atoms with E-state index in [0.717, 1.165) is 38.5 Å². The van der Waals surface area contributed by atoms with E-state index in [-0.39, 0.29) is 12.0 Å². The smallest absolute Gasteiger partial charge is 0.191 e. The zero-order valence-corrected chi connectivity index (χ0v) is 15.4. The number of ether oxygens (including phenoxy) is 1. The molecule has 1 unspecified atom stereocenters. The van der Waals surface area contributed by atoms with Crippen molar-refractivity contribution in [1.29, 1.82) is 0 Å². The molecular formula is C19H31N3O2. The molecule has 5 heteroatoms. The fourth-order valence-corrected chi connectivity index (χ4v) is 3.46. The molecule has 1 atom stereocenters. The van der Waals surface area contributed by atoms with Gasteiger partial charge < -0.3 is 20.5 Å². The van der Waals surface area contributed by atoms with E-state index in [9.17, 15) is 5.11 Å². The Kier molecular flexibility index (Phi) is 6.63. The molecule has 5 nitrogen and oxygen atoms in total.